The van der Waals surface area contributed by atoms with Crippen molar-refractivity contribution in [3.8, 4) is 0 Å². The number of aliphatic hydroxyl groups excluding tert-OH is 1. The van der Waals surface area contributed by atoms with E-state index in [9.17, 15) is 5.11 Å². The van der Waals surface area contributed by atoms with Gasteiger partial charge >= 0.3 is 0 Å². The Labute approximate surface area is 205 Å². The molecule has 0 aromatic heterocycles. The minimum atomic E-state index is -0.0817. The van der Waals surface area contributed by atoms with Crippen molar-refractivity contribution >= 4 is 0 Å². The Balaban J connectivity index is 1.24. The minimum absolute atomic E-state index is 0.0817. The number of hydrogen-bond acceptors (Lipinski definition) is 1. The van der Waals surface area contributed by atoms with Crippen LogP contribution in [0.4, 0.5) is 0 Å². The molecule has 0 heterocycles. The molecule has 0 aromatic rings. The highest BCUT2D eigenvalue weighted by atomic mass is 16.3. The molecule has 10 atom stereocenters. The molecular formula is C32H54O. The Morgan fingerprint density at radius 1 is 0.727 bits per heavy atom. The van der Waals surface area contributed by atoms with Crippen LogP contribution in [0.5, 0.6) is 0 Å². The summed E-state index contributed by atoms with van der Waals surface area (Å²) in [7, 11) is 0. The summed E-state index contributed by atoms with van der Waals surface area (Å²) in [5.74, 6) is 3.52. The van der Waals surface area contributed by atoms with Crippen molar-refractivity contribution in [2.75, 3.05) is 0 Å². The van der Waals surface area contributed by atoms with E-state index in [1.54, 1.807) is 0 Å². The third-order valence-electron chi connectivity index (χ3n) is 15.3. The Hall–Kier alpha value is -0.0400. The zero-order valence-electron chi connectivity index (χ0n) is 23.3. The van der Waals surface area contributed by atoms with E-state index in [0.29, 0.717) is 32.5 Å². The van der Waals surface area contributed by atoms with Gasteiger partial charge in [-0.3, -0.25) is 0 Å². The first-order valence-corrected chi connectivity index (χ1v) is 14.9. The first-order chi connectivity index (χ1) is 15.2. The molecule has 1 N–H and O–H groups in total. The molecule has 6 saturated carbocycles. The van der Waals surface area contributed by atoms with Gasteiger partial charge in [-0.25, -0.2) is 0 Å². The van der Waals surface area contributed by atoms with Crippen molar-refractivity contribution < 1.29 is 5.11 Å². The first kappa shape index (κ1) is 23.4. The highest BCUT2D eigenvalue weighted by Gasteiger charge is 2.82. The van der Waals surface area contributed by atoms with Gasteiger partial charge in [0.05, 0.1) is 6.10 Å². The van der Waals surface area contributed by atoms with Gasteiger partial charge in [0.25, 0.3) is 0 Å². The molecule has 0 radical (unpaired) electrons. The Bertz CT molecular complexity index is 841. The fraction of sp³-hybridized carbons (Fsp3) is 1.00. The van der Waals surface area contributed by atoms with Crippen LogP contribution in [0.25, 0.3) is 0 Å². The van der Waals surface area contributed by atoms with Gasteiger partial charge in [-0.05, 0) is 139 Å². The molecule has 6 fully saturated rings. The van der Waals surface area contributed by atoms with Crippen LogP contribution in [0.2, 0.25) is 0 Å². The SMILES string of the molecule is C[C@H](CC[C@@]1(C)CC1(C)C)[C@H]1CC[C@@]2(C)[C@@H]3CC[C@H]4C(C)(C)[C@@H](O)CC[C@@]45C[C@@]35CC[C@]12C. The molecule has 0 aliphatic heterocycles. The minimum Gasteiger partial charge on any atom is -0.393 e. The average Bonchev–Trinajstić information content (AvgIpc) is 3.50. The highest BCUT2D eigenvalue weighted by molar-refractivity contribution is 5.30. The standard InChI is InChI=1S/C32H54O/c1-21(11-14-28(6)19-26(28,2)3)22-12-15-30(8)24-10-9-23-27(4,5)25(33)13-16-31(23)20-32(24,31)18-17-29(22,30)7/h21-25,33H,9-20H2,1-8H3/t21-,22-,23+,24+,25+,28+,29-,30+,31-,32+/m1/s1. The van der Waals surface area contributed by atoms with Crippen molar-refractivity contribution in [1.29, 1.82) is 0 Å². The molecule has 0 amide bonds. The molecule has 0 aromatic carbocycles. The Kier molecular flexibility index (Phi) is 4.56. The number of hydrogen-bond donors (Lipinski definition) is 1. The molecule has 1 nitrogen and oxygen atoms in total. The number of fused-ring (bicyclic) bond motifs is 2. The lowest BCUT2D eigenvalue weighted by Gasteiger charge is -2.63. The monoisotopic (exact) mass is 454 g/mol. The van der Waals surface area contributed by atoms with E-state index in [1.165, 1.54) is 70.6 Å². The zero-order valence-corrected chi connectivity index (χ0v) is 23.3. The van der Waals surface area contributed by atoms with E-state index >= 15 is 0 Å². The topological polar surface area (TPSA) is 20.2 Å². The summed E-state index contributed by atoms with van der Waals surface area (Å²) in [6.45, 7) is 20.5. The summed E-state index contributed by atoms with van der Waals surface area (Å²) in [5.41, 5.74) is 3.61. The van der Waals surface area contributed by atoms with Crippen LogP contribution >= 0.6 is 0 Å². The molecule has 2 spiro atoms. The van der Waals surface area contributed by atoms with Gasteiger partial charge in [-0.1, -0.05) is 55.4 Å². The highest BCUT2D eigenvalue weighted by Crippen LogP contribution is 2.89. The van der Waals surface area contributed by atoms with Crippen molar-refractivity contribution in [1.82, 2.24) is 0 Å². The molecule has 1 heteroatoms. The second-order valence-corrected chi connectivity index (χ2v) is 16.7. The molecule has 6 aliphatic rings. The average molecular weight is 455 g/mol. The molecule has 0 unspecified atom stereocenters. The molecule has 33 heavy (non-hydrogen) atoms. The molecule has 6 aliphatic carbocycles. The number of aliphatic hydroxyl groups is 1. The van der Waals surface area contributed by atoms with E-state index < -0.39 is 0 Å². The second kappa shape index (κ2) is 6.44. The quantitative estimate of drug-likeness (QED) is 0.450. The maximum absolute atomic E-state index is 10.9. The predicted octanol–water partition coefficient (Wildman–Crippen LogP) is 8.64. The summed E-state index contributed by atoms with van der Waals surface area (Å²) in [5, 5.41) is 10.9. The number of rotatable bonds is 4. The maximum atomic E-state index is 10.9. The van der Waals surface area contributed by atoms with Gasteiger partial charge in [0.1, 0.15) is 0 Å². The van der Waals surface area contributed by atoms with Gasteiger partial charge < -0.3 is 5.11 Å². The van der Waals surface area contributed by atoms with Gasteiger partial charge in [-0.2, -0.15) is 0 Å². The maximum Gasteiger partial charge on any atom is 0.0594 e. The summed E-state index contributed by atoms with van der Waals surface area (Å²) >= 11 is 0. The van der Waals surface area contributed by atoms with E-state index in [1.807, 2.05) is 0 Å². The summed E-state index contributed by atoms with van der Waals surface area (Å²) < 4.78 is 0. The normalized spacial score (nSPS) is 58.5. The summed E-state index contributed by atoms with van der Waals surface area (Å²) in [6, 6.07) is 0. The van der Waals surface area contributed by atoms with Crippen LogP contribution in [0.3, 0.4) is 0 Å². The van der Waals surface area contributed by atoms with E-state index in [0.717, 1.165) is 30.1 Å². The van der Waals surface area contributed by atoms with Crippen molar-refractivity contribution in [2.45, 2.75) is 139 Å². The predicted molar refractivity (Wildman–Crippen MR) is 138 cm³/mol. The lowest BCUT2D eigenvalue weighted by Crippen LogP contribution is -2.57. The van der Waals surface area contributed by atoms with E-state index in [-0.39, 0.29) is 11.5 Å². The Morgan fingerprint density at radius 3 is 2.03 bits per heavy atom. The third kappa shape index (κ3) is 2.60. The van der Waals surface area contributed by atoms with Gasteiger partial charge in [0.15, 0.2) is 0 Å². The third-order valence-corrected chi connectivity index (χ3v) is 15.3. The van der Waals surface area contributed by atoms with Crippen LogP contribution in [0.15, 0.2) is 0 Å². The molecule has 0 saturated heterocycles. The molecule has 0 bridgehead atoms. The van der Waals surface area contributed by atoms with Crippen LogP contribution < -0.4 is 0 Å². The second-order valence-electron chi connectivity index (χ2n) is 16.7. The van der Waals surface area contributed by atoms with Crippen LogP contribution in [-0.2, 0) is 0 Å². The lowest BCUT2D eigenvalue weighted by atomic mass is 9.41. The van der Waals surface area contributed by atoms with Crippen LogP contribution in [0.1, 0.15) is 132 Å². The molecule has 188 valence electrons. The fourth-order valence-electron chi connectivity index (χ4n) is 12.4. The van der Waals surface area contributed by atoms with E-state index in [4.69, 9.17) is 0 Å². The van der Waals surface area contributed by atoms with Gasteiger partial charge in [0.2, 0.25) is 0 Å². The van der Waals surface area contributed by atoms with Crippen LogP contribution in [-0.4, -0.2) is 11.2 Å². The smallest absolute Gasteiger partial charge is 0.0594 e. The summed E-state index contributed by atoms with van der Waals surface area (Å²) in [6.07, 6.45) is 16.9. The van der Waals surface area contributed by atoms with Crippen LogP contribution in [0, 0.1) is 61.6 Å². The van der Waals surface area contributed by atoms with Crippen molar-refractivity contribution in [3.63, 3.8) is 0 Å². The van der Waals surface area contributed by atoms with Gasteiger partial charge in [0, 0.05) is 0 Å². The fourth-order valence-corrected chi connectivity index (χ4v) is 12.4. The van der Waals surface area contributed by atoms with Crippen molar-refractivity contribution in [2.24, 2.45) is 61.6 Å². The van der Waals surface area contributed by atoms with Crippen molar-refractivity contribution in [3.05, 3.63) is 0 Å². The lowest BCUT2D eigenvalue weighted by molar-refractivity contribution is -0.161. The molecule has 6 rings (SSSR count). The van der Waals surface area contributed by atoms with E-state index in [2.05, 4.69) is 55.4 Å². The summed E-state index contributed by atoms with van der Waals surface area (Å²) in [4.78, 5) is 0. The zero-order chi connectivity index (χ0) is 23.9. The van der Waals surface area contributed by atoms with Gasteiger partial charge in [-0.15, -0.1) is 0 Å². The largest absolute Gasteiger partial charge is 0.393 e. The molecular weight excluding hydrogens is 400 g/mol. The Morgan fingerprint density at radius 2 is 1.36 bits per heavy atom. The first-order valence-electron chi connectivity index (χ1n) is 14.9.